The van der Waals surface area contributed by atoms with Gasteiger partial charge < -0.3 is 21.3 Å². The van der Waals surface area contributed by atoms with Crippen LogP contribution in [0.15, 0.2) is 0 Å². The van der Waals surface area contributed by atoms with Gasteiger partial charge in [-0.3, -0.25) is 9.36 Å². The van der Waals surface area contributed by atoms with Crippen LogP contribution in [0.25, 0.3) is 0 Å². The molecule has 0 rings (SSSR count). The molecule has 7 nitrogen and oxygen atoms in total. The highest BCUT2D eigenvalue weighted by atomic mass is 31.2. The van der Waals surface area contributed by atoms with Crippen LogP contribution in [0.2, 0.25) is 0 Å². The molecule has 0 aliphatic heterocycles. The molecular weight excluding hydrogens is 257 g/mol. The fourth-order valence-electron chi connectivity index (χ4n) is 1.29. The van der Waals surface area contributed by atoms with E-state index in [1.165, 1.54) is 6.66 Å². The molecule has 0 radical (unpaired) electrons. The normalized spacial score (nSPS) is 15.7. The molecule has 0 aromatic carbocycles. The Kier molecular flexibility index (Phi) is 7.62. The first kappa shape index (κ1) is 16.9. The Balaban J connectivity index is 4.20. The van der Waals surface area contributed by atoms with Crippen LogP contribution in [0, 0.1) is 0 Å². The smallest absolute Gasteiger partial charge is 0.312 e. The minimum absolute atomic E-state index is 0.151. The Morgan fingerprint density at radius 2 is 2.00 bits per heavy atom. The van der Waals surface area contributed by atoms with E-state index >= 15 is 0 Å². The van der Waals surface area contributed by atoms with Crippen LogP contribution in [0.4, 0.5) is 4.79 Å². The van der Waals surface area contributed by atoms with Gasteiger partial charge in [0, 0.05) is 12.8 Å². The minimum Gasteiger partial charge on any atom is -0.368 e. The van der Waals surface area contributed by atoms with Gasteiger partial charge >= 0.3 is 6.03 Å². The van der Waals surface area contributed by atoms with Crippen molar-refractivity contribution >= 4 is 19.3 Å². The fraction of sp³-hybridized carbons (Fsp3) is 0.800. The van der Waals surface area contributed by atoms with Crippen molar-refractivity contribution in [3.05, 3.63) is 0 Å². The van der Waals surface area contributed by atoms with E-state index in [1.54, 1.807) is 0 Å². The van der Waals surface area contributed by atoms with Crippen molar-refractivity contribution in [3.63, 3.8) is 0 Å². The molecule has 5 N–H and O–H groups in total. The predicted molar refractivity (Wildman–Crippen MR) is 69.6 cm³/mol. The van der Waals surface area contributed by atoms with Gasteiger partial charge in [0.15, 0.2) is 7.37 Å². The first-order valence-corrected chi connectivity index (χ1v) is 8.10. The molecule has 0 aliphatic rings. The lowest BCUT2D eigenvalue weighted by atomic mass is 10.2. The topological polar surface area (TPSA) is 125 Å². The number of nitrogens with one attached hydrogen (secondary N) is 1. The number of carbonyl (C=O) groups is 2. The quantitative estimate of drug-likeness (QED) is 0.422. The Bertz CT molecular complexity index is 335. The molecule has 8 heteroatoms. The van der Waals surface area contributed by atoms with Gasteiger partial charge in [-0.15, -0.1) is 0 Å². The van der Waals surface area contributed by atoms with Crippen molar-refractivity contribution in [2.24, 2.45) is 11.5 Å². The number of hydrogen-bond donors (Lipinski definition) is 3. The maximum absolute atomic E-state index is 12.0. The Morgan fingerprint density at radius 3 is 2.44 bits per heavy atom. The van der Waals surface area contributed by atoms with Gasteiger partial charge in [-0.1, -0.05) is 13.3 Å². The number of unbranched alkanes of at least 4 members (excludes halogenated alkanes) is 1. The van der Waals surface area contributed by atoms with Gasteiger partial charge in [0.2, 0.25) is 5.91 Å². The minimum atomic E-state index is -2.76. The first-order valence-electron chi connectivity index (χ1n) is 5.85. The summed E-state index contributed by atoms with van der Waals surface area (Å²) in [4.78, 5) is 21.7. The van der Waals surface area contributed by atoms with Crippen LogP contribution in [-0.2, 0) is 13.9 Å². The molecule has 18 heavy (non-hydrogen) atoms. The average molecular weight is 279 g/mol. The molecule has 2 unspecified atom stereocenters. The number of urea groups is 1. The molecule has 0 saturated heterocycles. The van der Waals surface area contributed by atoms with Gasteiger partial charge in [0.05, 0.1) is 6.61 Å². The maximum atomic E-state index is 12.0. The lowest BCUT2D eigenvalue weighted by Gasteiger charge is -2.17. The molecule has 3 amide bonds. The molecule has 0 heterocycles. The Hall–Kier alpha value is -1.07. The van der Waals surface area contributed by atoms with Crippen LogP contribution >= 0.6 is 7.37 Å². The summed E-state index contributed by atoms with van der Waals surface area (Å²) in [6.45, 7) is 3.93. The van der Waals surface area contributed by atoms with E-state index in [-0.39, 0.29) is 12.6 Å². The summed E-state index contributed by atoms with van der Waals surface area (Å²) in [7, 11) is -2.76. The molecule has 0 aromatic rings. The van der Waals surface area contributed by atoms with E-state index in [2.05, 4.69) is 5.32 Å². The maximum Gasteiger partial charge on any atom is 0.312 e. The second-order valence-electron chi connectivity index (χ2n) is 4.18. The Morgan fingerprint density at radius 1 is 1.39 bits per heavy atom. The lowest BCUT2D eigenvalue weighted by Crippen LogP contribution is -2.47. The number of nitrogens with two attached hydrogens (primary N) is 2. The van der Waals surface area contributed by atoms with Gasteiger partial charge in [0.25, 0.3) is 0 Å². The molecular formula is C10H22N3O4P. The van der Waals surface area contributed by atoms with Crippen molar-refractivity contribution in [2.75, 3.05) is 19.4 Å². The average Bonchev–Trinajstić information content (AvgIpc) is 2.23. The van der Waals surface area contributed by atoms with Crippen LogP contribution < -0.4 is 16.8 Å². The SMILES string of the molecule is CCCCOP(C)(=O)CCC(NC(N)=O)C(N)=O. The molecule has 0 aromatic heterocycles. The highest BCUT2D eigenvalue weighted by molar-refractivity contribution is 7.58. The molecule has 106 valence electrons. The molecule has 2 atom stereocenters. The molecule has 0 bridgehead atoms. The second-order valence-corrected chi connectivity index (χ2v) is 6.91. The van der Waals surface area contributed by atoms with E-state index in [0.717, 1.165) is 12.8 Å². The zero-order chi connectivity index (χ0) is 14.2. The number of carbonyl (C=O) groups excluding carboxylic acids is 2. The van der Waals surface area contributed by atoms with Crippen LogP contribution in [-0.4, -0.2) is 37.4 Å². The molecule has 0 fully saturated rings. The third-order valence-corrected chi connectivity index (χ3v) is 4.15. The summed E-state index contributed by atoms with van der Waals surface area (Å²) in [5, 5.41) is 2.21. The third kappa shape index (κ3) is 8.08. The summed E-state index contributed by atoms with van der Waals surface area (Å²) in [6, 6.07) is -1.75. The van der Waals surface area contributed by atoms with Crippen LogP contribution in [0.1, 0.15) is 26.2 Å². The zero-order valence-corrected chi connectivity index (χ0v) is 11.7. The summed E-state index contributed by atoms with van der Waals surface area (Å²) in [5.74, 6) is -0.706. The molecule has 0 saturated carbocycles. The van der Waals surface area contributed by atoms with Crippen LogP contribution in [0.5, 0.6) is 0 Å². The zero-order valence-electron chi connectivity index (χ0n) is 10.8. The lowest BCUT2D eigenvalue weighted by molar-refractivity contribution is -0.119. The standard InChI is InChI=1S/C10H22N3O4P/c1-3-4-6-17-18(2,16)7-5-8(9(11)14)13-10(12)15/h8H,3-7H2,1-2H3,(H2,11,14)(H3,12,13,15). The third-order valence-electron chi connectivity index (χ3n) is 2.35. The van der Waals surface area contributed by atoms with Gasteiger partial charge in [-0.05, 0) is 12.8 Å². The highest BCUT2D eigenvalue weighted by Gasteiger charge is 2.22. The highest BCUT2D eigenvalue weighted by Crippen LogP contribution is 2.43. The number of hydrogen-bond acceptors (Lipinski definition) is 4. The van der Waals surface area contributed by atoms with E-state index in [0.29, 0.717) is 6.61 Å². The van der Waals surface area contributed by atoms with Crippen molar-refractivity contribution in [2.45, 2.75) is 32.2 Å². The monoisotopic (exact) mass is 279 g/mol. The second kappa shape index (κ2) is 8.11. The number of primary amides is 2. The predicted octanol–water partition coefficient (Wildman–Crippen LogP) is 0.623. The Labute approximate surface area is 107 Å². The summed E-state index contributed by atoms with van der Waals surface area (Å²) < 4.78 is 17.2. The van der Waals surface area contributed by atoms with Crippen molar-refractivity contribution in [1.29, 1.82) is 0 Å². The molecule has 0 spiro atoms. The number of rotatable bonds is 9. The fourth-order valence-corrected chi connectivity index (χ4v) is 2.66. The molecule has 0 aliphatic carbocycles. The van der Waals surface area contributed by atoms with Gasteiger partial charge in [-0.25, -0.2) is 4.79 Å². The van der Waals surface area contributed by atoms with E-state index in [4.69, 9.17) is 16.0 Å². The van der Waals surface area contributed by atoms with Crippen LogP contribution in [0.3, 0.4) is 0 Å². The van der Waals surface area contributed by atoms with Crippen molar-refractivity contribution in [3.8, 4) is 0 Å². The van der Waals surface area contributed by atoms with Crippen molar-refractivity contribution in [1.82, 2.24) is 5.32 Å². The van der Waals surface area contributed by atoms with E-state index in [1.807, 2.05) is 6.92 Å². The number of amides is 3. The van der Waals surface area contributed by atoms with Crippen molar-refractivity contribution < 1.29 is 18.7 Å². The van der Waals surface area contributed by atoms with E-state index in [9.17, 15) is 14.2 Å². The summed E-state index contributed by atoms with van der Waals surface area (Å²) in [6.07, 6.45) is 2.10. The summed E-state index contributed by atoms with van der Waals surface area (Å²) >= 11 is 0. The van der Waals surface area contributed by atoms with E-state index < -0.39 is 25.3 Å². The first-order chi connectivity index (χ1) is 8.28. The largest absolute Gasteiger partial charge is 0.368 e. The van der Waals surface area contributed by atoms with Gasteiger partial charge in [-0.2, -0.15) is 0 Å². The summed E-state index contributed by atoms with van der Waals surface area (Å²) in [5.41, 5.74) is 10.0. The van der Waals surface area contributed by atoms with Gasteiger partial charge in [0.1, 0.15) is 6.04 Å².